The Morgan fingerprint density at radius 2 is 2.05 bits per heavy atom. The van der Waals surface area contributed by atoms with Crippen LogP contribution in [0.25, 0.3) is 0 Å². The number of carbonyl (C=O) groups excluding carboxylic acids is 1. The predicted molar refractivity (Wildman–Crippen MR) is 80.7 cm³/mol. The Balaban J connectivity index is 1.86. The molecule has 0 aliphatic carbocycles. The maximum atomic E-state index is 12.5. The second-order valence-electron chi connectivity index (χ2n) is 5.84. The van der Waals surface area contributed by atoms with E-state index in [2.05, 4.69) is 18.9 Å². The van der Waals surface area contributed by atoms with Gasteiger partial charge in [-0.3, -0.25) is 9.48 Å². The molecule has 1 aromatic rings. The molecule has 0 fully saturated rings. The number of hydrogen-bond acceptors (Lipinski definition) is 2. The van der Waals surface area contributed by atoms with Crippen molar-refractivity contribution in [2.75, 3.05) is 6.54 Å². The Morgan fingerprint density at radius 1 is 1.25 bits per heavy atom. The summed E-state index contributed by atoms with van der Waals surface area (Å²) in [6, 6.07) is 2.18. The summed E-state index contributed by atoms with van der Waals surface area (Å²) < 4.78 is 1.84. The average Bonchev–Trinajstić information content (AvgIpc) is 2.85. The number of amides is 1. The molecule has 1 aromatic heterocycles. The lowest BCUT2D eigenvalue weighted by Crippen LogP contribution is -2.38. The number of nitrogens with zero attached hydrogens (tertiary/aromatic N) is 3. The monoisotopic (exact) mass is 277 g/mol. The molecule has 2 heterocycles. The molecule has 0 spiro atoms. The molecule has 0 saturated carbocycles. The molecular formula is C16H27N3O. The van der Waals surface area contributed by atoms with E-state index in [1.807, 2.05) is 15.6 Å². The summed E-state index contributed by atoms with van der Waals surface area (Å²) in [5.74, 6) is 0.154. The van der Waals surface area contributed by atoms with Gasteiger partial charge in [0.05, 0.1) is 0 Å². The Kier molecular flexibility index (Phi) is 5.62. The van der Waals surface area contributed by atoms with Crippen LogP contribution in [0.3, 0.4) is 0 Å². The summed E-state index contributed by atoms with van der Waals surface area (Å²) in [4.78, 5) is 14.6. The third-order valence-electron chi connectivity index (χ3n) is 4.22. The number of hydrogen-bond donors (Lipinski definition) is 0. The lowest BCUT2D eigenvalue weighted by molar-refractivity contribution is 0.0685. The molecule has 0 bridgehead atoms. The topological polar surface area (TPSA) is 38.1 Å². The van der Waals surface area contributed by atoms with E-state index < -0.39 is 0 Å². The highest BCUT2D eigenvalue weighted by atomic mass is 16.2. The normalized spacial score (nSPS) is 16.9. The maximum absolute atomic E-state index is 12.5. The number of rotatable bonds is 7. The van der Waals surface area contributed by atoms with E-state index >= 15 is 0 Å². The molecule has 20 heavy (non-hydrogen) atoms. The maximum Gasteiger partial charge on any atom is 0.272 e. The molecule has 0 saturated heterocycles. The SMILES string of the molecule is CCCCCCCC(C)N1CCCn2nccc2C1=O. The van der Waals surface area contributed by atoms with Crippen LogP contribution in [-0.4, -0.2) is 33.2 Å². The van der Waals surface area contributed by atoms with Crippen LogP contribution in [0, 0.1) is 0 Å². The fourth-order valence-corrected chi connectivity index (χ4v) is 2.95. The summed E-state index contributed by atoms with van der Waals surface area (Å²) in [6.45, 7) is 6.14. The van der Waals surface area contributed by atoms with Gasteiger partial charge in [0, 0.05) is 25.3 Å². The van der Waals surface area contributed by atoms with Crippen LogP contribution in [0.5, 0.6) is 0 Å². The minimum atomic E-state index is 0.154. The van der Waals surface area contributed by atoms with Crippen molar-refractivity contribution in [2.24, 2.45) is 0 Å². The lowest BCUT2D eigenvalue weighted by Gasteiger charge is -2.27. The van der Waals surface area contributed by atoms with Gasteiger partial charge in [0.25, 0.3) is 5.91 Å². The van der Waals surface area contributed by atoms with Crippen molar-refractivity contribution in [1.82, 2.24) is 14.7 Å². The van der Waals surface area contributed by atoms with Crippen LogP contribution in [0.15, 0.2) is 12.3 Å². The number of unbranched alkanes of at least 4 members (excludes halogenated alkanes) is 4. The first kappa shape index (κ1) is 15.1. The Morgan fingerprint density at radius 3 is 2.85 bits per heavy atom. The average molecular weight is 277 g/mol. The van der Waals surface area contributed by atoms with Crippen LogP contribution < -0.4 is 0 Å². The van der Waals surface area contributed by atoms with Crippen molar-refractivity contribution in [3.63, 3.8) is 0 Å². The Labute approximate surface area is 122 Å². The Bertz CT molecular complexity index is 427. The van der Waals surface area contributed by atoms with Gasteiger partial charge in [-0.05, 0) is 25.8 Å². The van der Waals surface area contributed by atoms with Crippen LogP contribution in [-0.2, 0) is 6.54 Å². The van der Waals surface area contributed by atoms with E-state index in [-0.39, 0.29) is 5.91 Å². The molecule has 1 aliphatic rings. The van der Waals surface area contributed by atoms with Crippen molar-refractivity contribution in [2.45, 2.75) is 71.4 Å². The zero-order valence-electron chi connectivity index (χ0n) is 12.8. The van der Waals surface area contributed by atoms with Gasteiger partial charge < -0.3 is 4.90 Å². The van der Waals surface area contributed by atoms with Crippen LogP contribution in [0.2, 0.25) is 0 Å². The van der Waals surface area contributed by atoms with Crippen molar-refractivity contribution in [3.05, 3.63) is 18.0 Å². The molecule has 4 nitrogen and oxygen atoms in total. The van der Waals surface area contributed by atoms with Gasteiger partial charge in [0.15, 0.2) is 0 Å². The van der Waals surface area contributed by atoms with Crippen molar-refractivity contribution in [1.29, 1.82) is 0 Å². The summed E-state index contributed by atoms with van der Waals surface area (Å²) in [5, 5.41) is 4.23. The highest BCUT2D eigenvalue weighted by Gasteiger charge is 2.26. The molecule has 1 unspecified atom stereocenters. The Hall–Kier alpha value is -1.32. The fraction of sp³-hybridized carbons (Fsp3) is 0.750. The molecule has 4 heteroatoms. The molecule has 2 rings (SSSR count). The second-order valence-corrected chi connectivity index (χ2v) is 5.84. The molecule has 1 amide bonds. The highest BCUT2D eigenvalue weighted by molar-refractivity contribution is 5.92. The third kappa shape index (κ3) is 3.62. The number of aryl methyl sites for hydroxylation is 1. The quantitative estimate of drug-likeness (QED) is 0.716. The van der Waals surface area contributed by atoms with Gasteiger partial charge in [-0.2, -0.15) is 5.10 Å². The van der Waals surface area contributed by atoms with Gasteiger partial charge in [0.1, 0.15) is 5.69 Å². The van der Waals surface area contributed by atoms with Crippen molar-refractivity contribution >= 4 is 5.91 Å². The van der Waals surface area contributed by atoms with Crippen molar-refractivity contribution in [3.8, 4) is 0 Å². The van der Waals surface area contributed by atoms with Gasteiger partial charge in [-0.25, -0.2) is 0 Å². The highest BCUT2D eigenvalue weighted by Crippen LogP contribution is 2.18. The summed E-state index contributed by atoms with van der Waals surface area (Å²) in [7, 11) is 0. The molecule has 0 radical (unpaired) electrons. The fourth-order valence-electron chi connectivity index (χ4n) is 2.95. The standard InChI is InChI=1S/C16H27N3O/c1-3-4-5-6-7-9-14(2)18-12-8-13-19-15(16(18)20)10-11-17-19/h10-11,14H,3-9,12-13H2,1-2H3. The van der Waals surface area contributed by atoms with E-state index in [1.165, 1.54) is 32.1 Å². The van der Waals surface area contributed by atoms with E-state index in [1.54, 1.807) is 6.20 Å². The van der Waals surface area contributed by atoms with Crippen LogP contribution in [0.1, 0.15) is 69.3 Å². The van der Waals surface area contributed by atoms with E-state index in [9.17, 15) is 4.79 Å². The first-order chi connectivity index (χ1) is 9.74. The number of carbonyl (C=O) groups is 1. The second kappa shape index (κ2) is 7.46. The third-order valence-corrected chi connectivity index (χ3v) is 4.22. The summed E-state index contributed by atoms with van der Waals surface area (Å²) in [5.41, 5.74) is 0.750. The molecular weight excluding hydrogens is 250 g/mol. The predicted octanol–water partition coefficient (Wildman–Crippen LogP) is 3.48. The number of fused-ring (bicyclic) bond motifs is 1. The first-order valence-electron chi connectivity index (χ1n) is 8.06. The van der Waals surface area contributed by atoms with Gasteiger partial charge in [-0.15, -0.1) is 0 Å². The lowest BCUT2D eigenvalue weighted by atomic mass is 10.1. The van der Waals surface area contributed by atoms with E-state index in [4.69, 9.17) is 0 Å². The number of aromatic nitrogens is 2. The first-order valence-corrected chi connectivity index (χ1v) is 8.06. The van der Waals surface area contributed by atoms with Gasteiger partial charge in [-0.1, -0.05) is 39.0 Å². The van der Waals surface area contributed by atoms with Crippen LogP contribution in [0.4, 0.5) is 0 Å². The van der Waals surface area contributed by atoms with Gasteiger partial charge in [0.2, 0.25) is 0 Å². The van der Waals surface area contributed by atoms with Gasteiger partial charge >= 0.3 is 0 Å². The van der Waals surface area contributed by atoms with E-state index in [0.29, 0.717) is 6.04 Å². The van der Waals surface area contributed by atoms with Crippen LogP contribution >= 0.6 is 0 Å². The zero-order chi connectivity index (χ0) is 14.4. The zero-order valence-corrected chi connectivity index (χ0v) is 12.8. The molecule has 112 valence electrons. The largest absolute Gasteiger partial charge is 0.335 e. The molecule has 1 atom stereocenters. The molecule has 0 N–H and O–H groups in total. The smallest absolute Gasteiger partial charge is 0.272 e. The minimum Gasteiger partial charge on any atom is -0.335 e. The summed E-state index contributed by atoms with van der Waals surface area (Å²) in [6.07, 6.45) is 10.3. The molecule has 0 aromatic carbocycles. The van der Waals surface area contributed by atoms with Crippen molar-refractivity contribution < 1.29 is 4.79 Å². The van der Waals surface area contributed by atoms with E-state index in [0.717, 1.165) is 31.6 Å². The molecule has 1 aliphatic heterocycles. The minimum absolute atomic E-state index is 0.154. The summed E-state index contributed by atoms with van der Waals surface area (Å²) >= 11 is 0.